The van der Waals surface area contributed by atoms with Gasteiger partial charge in [0.2, 0.25) is 11.9 Å². The van der Waals surface area contributed by atoms with E-state index in [1.807, 2.05) is 59.2 Å². The van der Waals surface area contributed by atoms with Crippen molar-refractivity contribution in [3.05, 3.63) is 57.0 Å². The average molecular weight is 788 g/mol. The Morgan fingerprint density at radius 2 is 1.71 bits per heavy atom. The predicted octanol–water partition coefficient (Wildman–Crippen LogP) is 10.8. The lowest BCUT2D eigenvalue weighted by Gasteiger charge is -2.23. The molecule has 3 aromatic rings. The summed E-state index contributed by atoms with van der Waals surface area (Å²) in [7, 11) is 3.61. The van der Waals surface area contributed by atoms with E-state index in [9.17, 15) is 22.8 Å². The molecule has 52 heavy (non-hydrogen) atoms. The highest BCUT2D eigenvalue weighted by atomic mass is 35.5. The molecule has 288 valence electrons. The molecule has 0 radical (unpaired) electrons. The molecule has 0 atom stereocenters. The summed E-state index contributed by atoms with van der Waals surface area (Å²) in [6, 6.07) is 6.91. The summed E-state index contributed by atoms with van der Waals surface area (Å²) in [6.45, 7) is 15.5. The van der Waals surface area contributed by atoms with E-state index in [1.165, 1.54) is 0 Å². The highest BCUT2D eigenvalue weighted by molar-refractivity contribution is 6.39. The summed E-state index contributed by atoms with van der Waals surface area (Å²) in [5.74, 6) is 1.34. The van der Waals surface area contributed by atoms with Crippen LogP contribution in [0.15, 0.2) is 35.9 Å². The van der Waals surface area contributed by atoms with Crippen LogP contribution >= 0.6 is 34.8 Å². The molecular weight excluding hydrogens is 736 g/mol. The lowest BCUT2D eigenvalue weighted by atomic mass is 9.89. The van der Waals surface area contributed by atoms with Crippen LogP contribution in [0.5, 0.6) is 0 Å². The molecule has 0 spiro atoms. The Morgan fingerprint density at radius 1 is 1.13 bits per heavy atom. The van der Waals surface area contributed by atoms with Crippen LogP contribution in [0.25, 0.3) is 11.0 Å². The fraction of sp³-hybridized carbons (Fsp3) is 0.500. The minimum atomic E-state index is -3.93. The van der Waals surface area contributed by atoms with Crippen LogP contribution in [0.4, 0.5) is 30.5 Å². The van der Waals surface area contributed by atoms with Crippen molar-refractivity contribution in [1.29, 1.82) is 0 Å². The number of anilines is 3. The Bertz CT molecular complexity index is 1710. The van der Waals surface area contributed by atoms with Gasteiger partial charge in [-0.2, -0.15) is 13.2 Å². The number of aromatic nitrogens is 2. The molecular formula is C38H52Cl3F3N6O2. The maximum absolute atomic E-state index is 12.3. The fourth-order valence-corrected chi connectivity index (χ4v) is 5.44. The SMILES string of the molecule is C#CCN(C)c1cc2c(cc1C(N)=O)nc(Nc1c(Cl)ccc(CNC(=O)C(C)(C)C)c1Cl)n2C.C=C(Cl)CC.CC.FC(F)(F)C1CCCCC1. The monoisotopic (exact) mass is 786 g/mol. The first-order valence-corrected chi connectivity index (χ1v) is 18.2. The number of imidazole rings is 1. The van der Waals surface area contributed by atoms with Gasteiger partial charge in [0.1, 0.15) is 0 Å². The molecule has 0 bridgehead atoms. The smallest absolute Gasteiger partial charge is 0.366 e. The topological polar surface area (TPSA) is 105 Å². The van der Waals surface area contributed by atoms with Crippen molar-refractivity contribution < 1.29 is 22.8 Å². The van der Waals surface area contributed by atoms with E-state index in [1.54, 1.807) is 30.1 Å². The summed E-state index contributed by atoms with van der Waals surface area (Å²) in [4.78, 5) is 30.7. The minimum Gasteiger partial charge on any atom is -0.366 e. The van der Waals surface area contributed by atoms with Gasteiger partial charge in [-0.3, -0.25) is 9.59 Å². The zero-order valence-electron chi connectivity index (χ0n) is 31.3. The number of benzene rings is 2. The Balaban J connectivity index is 0.000000655. The Hall–Kier alpha value is -3.59. The van der Waals surface area contributed by atoms with Crippen LogP contribution < -0.4 is 21.3 Å². The largest absolute Gasteiger partial charge is 0.391 e. The lowest BCUT2D eigenvalue weighted by molar-refractivity contribution is -0.181. The number of nitrogens with two attached hydrogens (primary N) is 1. The maximum Gasteiger partial charge on any atom is 0.391 e. The molecule has 2 aromatic carbocycles. The average Bonchev–Trinajstić information content (AvgIpc) is 3.40. The third-order valence-corrected chi connectivity index (χ3v) is 9.00. The number of nitrogens with one attached hydrogen (secondary N) is 2. The van der Waals surface area contributed by atoms with Gasteiger partial charge < -0.3 is 25.8 Å². The molecule has 1 aliphatic carbocycles. The number of halogens is 6. The molecule has 0 unspecified atom stereocenters. The quantitative estimate of drug-likeness (QED) is 0.197. The van der Waals surface area contributed by atoms with Crippen molar-refractivity contribution in [1.82, 2.24) is 14.9 Å². The Morgan fingerprint density at radius 3 is 2.17 bits per heavy atom. The van der Waals surface area contributed by atoms with Gasteiger partial charge in [-0.25, -0.2) is 4.98 Å². The molecule has 4 N–H and O–H groups in total. The summed E-state index contributed by atoms with van der Waals surface area (Å²) in [5.41, 5.74) is 8.46. The molecule has 1 saturated carbocycles. The van der Waals surface area contributed by atoms with Gasteiger partial charge in [0, 0.05) is 31.1 Å². The first-order valence-electron chi connectivity index (χ1n) is 17.1. The van der Waals surface area contributed by atoms with E-state index in [0.717, 1.165) is 36.2 Å². The molecule has 2 amide bonds. The number of fused-ring (bicyclic) bond motifs is 1. The van der Waals surface area contributed by atoms with Gasteiger partial charge in [0.25, 0.3) is 5.91 Å². The number of hydrogen-bond acceptors (Lipinski definition) is 5. The number of terminal acetylenes is 1. The van der Waals surface area contributed by atoms with E-state index in [2.05, 4.69) is 28.1 Å². The van der Waals surface area contributed by atoms with E-state index in [0.29, 0.717) is 63.4 Å². The van der Waals surface area contributed by atoms with Crippen LogP contribution in [-0.4, -0.2) is 41.1 Å². The van der Waals surface area contributed by atoms with Crippen LogP contribution in [0.3, 0.4) is 0 Å². The summed E-state index contributed by atoms with van der Waals surface area (Å²) < 4.78 is 37.6. The third kappa shape index (κ3) is 13.8. The van der Waals surface area contributed by atoms with Gasteiger partial charge in [-0.05, 0) is 43.0 Å². The third-order valence-electron chi connectivity index (χ3n) is 7.98. The highest BCUT2D eigenvalue weighted by Gasteiger charge is 2.39. The molecule has 0 aliphatic heterocycles. The van der Waals surface area contributed by atoms with Gasteiger partial charge in [0.05, 0.1) is 50.5 Å². The summed E-state index contributed by atoms with van der Waals surface area (Å²) in [5, 5.41) is 7.56. The van der Waals surface area contributed by atoms with E-state index < -0.39 is 23.4 Å². The minimum absolute atomic E-state index is 0.0933. The molecule has 1 heterocycles. The molecule has 4 rings (SSSR count). The summed E-state index contributed by atoms with van der Waals surface area (Å²) >= 11 is 18.4. The first kappa shape index (κ1) is 46.4. The second kappa shape index (κ2) is 21.2. The van der Waals surface area contributed by atoms with Crippen LogP contribution in [0.2, 0.25) is 10.0 Å². The molecule has 8 nitrogen and oxygen atoms in total. The normalized spacial score (nSPS) is 12.9. The number of rotatable bonds is 8. The predicted molar refractivity (Wildman–Crippen MR) is 212 cm³/mol. The summed E-state index contributed by atoms with van der Waals surface area (Å²) in [6.07, 6.45) is 5.58. The van der Waals surface area contributed by atoms with Gasteiger partial charge in [0.15, 0.2) is 0 Å². The first-order chi connectivity index (χ1) is 24.2. The second-order valence-electron chi connectivity index (χ2n) is 13.0. The standard InChI is InChI=1S/C25H28Cl2N6O2.C7H11F3.C4H7Cl.C2H6/c1-7-10-32(5)18-12-19-17(11-15(18)22(28)34)30-24(33(19)6)31-21-16(26)9-8-14(20(21)27)13-29-23(35)25(2,3)4;8-7(9,10)6-4-2-1-3-5-6;1-3-4(2)5;1-2/h1,8-9,11-12H,10,13H2,2-6H3,(H2,28,34)(H,29,35)(H,30,31);6H,1-5H2;2-3H2,1H3;1-2H3. The van der Waals surface area contributed by atoms with E-state index in [4.69, 9.17) is 47.0 Å². The molecule has 1 fully saturated rings. The lowest BCUT2D eigenvalue weighted by Crippen LogP contribution is -2.34. The van der Waals surface area contributed by atoms with Gasteiger partial charge >= 0.3 is 6.18 Å². The van der Waals surface area contributed by atoms with E-state index >= 15 is 0 Å². The van der Waals surface area contributed by atoms with Crippen LogP contribution in [0, 0.1) is 23.7 Å². The van der Waals surface area contributed by atoms with Crippen LogP contribution in [-0.2, 0) is 18.4 Å². The van der Waals surface area contributed by atoms with Crippen molar-refractivity contribution in [3.63, 3.8) is 0 Å². The number of carbonyl (C=O) groups is 2. The Labute approximate surface area is 321 Å². The van der Waals surface area contributed by atoms with Crippen LogP contribution in [0.1, 0.15) is 96.0 Å². The van der Waals surface area contributed by atoms with E-state index in [-0.39, 0.29) is 12.5 Å². The van der Waals surface area contributed by atoms with Crippen molar-refractivity contribution >= 4 is 75.0 Å². The number of allylic oxidation sites excluding steroid dienone is 1. The number of carbonyl (C=O) groups excluding carboxylic acids is 2. The second-order valence-corrected chi connectivity index (χ2v) is 14.3. The van der Waals surface area contributed by atoms with Gasteiger partial charge in [-0.1, -0.05) is 114 Å². The van der Waals surface area contributed by atoms with Crippen molar-refractivity contribution in [2.45, 2.75) is 92.8 Å². The maximum atomic E-state index is 12.3. The Kier molecular flexibility index (Phi) is 18.9. The fourth-order valence-electron chi connectivity index (χ4n) is 4.90. The molecule has 1 aliphatic rings. The van der Waals surface area contributed by atoms with Gasteiger partial charge in [-0.15, -0.1) is 6.42 Å². The zero-order valence-corrected chi connectivity index (χ0v) is 33.6. The molecule has 14 heteroatoms. The van der Waals surface area contributed by atoms with Crippen molar-refractivity contribution in [3.8, 4) is 12.3 Å². The number of primary amides is 1. The molecule has 1 aromatic heterocycles. The number of aryl methyl sites for hydroxylation is 1. The van der Waals surface area contributed by atoms with Crippen molar-refractivity contribution in [2.24, 2.45) is 24.1 Å². The number of hydrogen-bond donors (Lipinski definition) is 3. The number of amides is 2. The molecule has 0 saturated heterocycles. The zero-order chi connectivity index (χ0) is 40.0. The number of nitrogens with zero attached hydrogens (tertiary/aromatic N) is 3. The number of alkyl halides is 3. The van der Waals surface area contributed by atoms with Crippen molar-refractivity contribution in [2.75, 3.05) is 23.8 Å². The highest BCUT2D eigenvalue weighted by Crippen LogP contribution is 2.38.